The second-order valence-corrected chi connectivity index (χ2v) is 6.78. The highest BCUT2D eigenvalue weighted by Gasteiger charge is 2.68. The average molecular weight is 341 g/mol. The van der Waals surface area contributed by atoms with E-state index in [0.717, 1.165) is 10.5 Å². The molecule has 1 aliphatic heterocycles. The summed E-state index contributed by atoms with van der Waals surface area (Å²) in [6.45, 7) is 0.974. The maximum atomic E-state index is 13.2. The van der Waals surface area contributed by atoms with Gasteiger partial charge in [-0.25, -0.2) is 0 Å². The Morgan fingerprint density at radius 2 is 1.88 bits per heavy atom. The first-order chi connectivity index (χ1) is 11.3. The van der Waals surface area contributed by atoms with E-state index >= 15 is 0 Å². The van der Waals surface area contributed by atoms with E-state index in [-0.39, 0.29) is 24.7 Å². The number of benzene rings is 1. The van der Waals surface area contributed by atoms with Gasteiger partial charge >= 0.3 is 6.18 Å². The molecule has 4 rings (SSSR count). The minimum Gasteiger partial charge on any atom is -0.486 e. The quantitative estimate of drug-likeness (QED) is 0.848. The fourth-order valence-corrected chi connectivity index (χ4v) is 3.51. The van der Waals surface area contributed by atoms with Crippen molar-refractivity contribution in [3.63, 3.8) is 0 Å². The van der Waals surface area contributed by atoms with Gasteiger partial charge in [0.25, 0.3) is 0 Å². The fourth-order valence-electron chi connectivity index (χ4n) is 3.51. The number of amides is 1. The molecule has 7 heteroatoms. The van der Waals surface area contributed by atoms with Gasteiger partial charge in [0.2, 0.25) is 5.91 Å². The molecule has 1 aromatic rings. The van der Waals surface area contributed by atoms with Gasteiger partial charge in [-0.2, -0.15) is 13.2 Å². The first-order valence-corrected chi connectivity index (χ1v) is 8.07. The molecule has 24 heavy (non-hydrogen) atoms. The molecule has 0 bridgehead atoms. The van der Waals surface area contributed by atoms with Gasteiger partial charge in [-0.15, -0.1) is 0 Å². The standard InChI is InChI=1S/C17H18F3NO3/c1-21(16(4-5-16)17(18,19)20)15(22)12-9-11(12)10-2-3-13-14(8-10)24-7-6-23-13/h2-3,8,11-12H,4-7,9H2,1H3. The summed E-state index contributed by atoms with van der Waals surface area (Å²) in [4.78, 5) is 13.4. The van der Waals surface area contributed by atoms with Crippen molar-refractivity contribution in [2.75, 3.05) is 20.3 Å². The van der Waals surface area contributed by atoms with Gasteiger partial charge in [-0.1, -0.05) is 6.07 Å². The summed E-state index contributed by atoms with van der Waals surface area (Å²) in [5, 5.41) is 0. The minimum atomic E-state index is -4.36. The smallest absolute Gasteiger partial charge is 0.411 e. The Balaban J connectivity index is 1.47. The molecule has 1 amide bonds. The summed E-state index contributed by atoms with van der Waals surface area (Å²) in [5.41, 5.74) is -1.02. The number of halogens is 3. The predicted octanol–water partition coefficient (Wildman–Crippen LogP) is 3.11. The maximum Gasteiger partial charge on any atom is 0.411 e. The number of alkyl halides is 3. The average Bonchev–Trinajstić information content (AvgIpc) is 3.45. The van der Waals surface area contributed by atoms with Gasteiger partial charge in [0.1, 0.15) is 18.8 Å². The van der Waals surface area contributed by atoms with E-state index in [1.807, 2.05) is 12.1 Å². The molecule has 0 spiro atoms. The molecule has 2 aliphatic carbocycles. The number of fused-ring (bicyclic) bond motifs is 1. The molecule has 1 heterocycles. The molecule has 0 aromatic heterocycles. The zero-order chi connectivity index (χ0) is 17.1. The first kappa shape index (κ1) is 15.6. The molecule has 0 radical (unpaired) electrons. The number of rotatable bonds is 3. The number of hydrogen-bond donors (Lipinski definition) is 0. The molecule has 0 saturated heterocycles. The monoisotopic (exact) mass is 341 g/mol. The Bertz CT molecular complexity index is 684. The zero-order valence-corrected chi connectivity index (χ0v) is 13.2. The molecule has 2 unspecified atom stereocenters. The third kappa shape index (κ3) is 2.32. The highest BCUT2D eigenvalue weighted by Crippen LogP contribution is 2.56. The van der Waals surface area contributed by atoms with Crippen molar-refractivity contribution in [2.24, 2.45) is 5.92 Å². The van der Waals surface area contributed by atoms with Crippen LogP contribution in [0.2, 0.25) is 0 Å². The van der Waals surface area contributed by atoms with Crippen LogP contribution in [0.3, 0.4) is 0 Å². The van der Waals surface area contributed by atoms with Crippen LogP contribution in [-0.4, -0.2) is 42.8 Å². The van der Waals surface area contributed by atoms with Crippen LogP contribution in [0.4, 0.5) is 13.2 Å². The van der Waals surface area contributed by atoms with Crippen LogP contribution < -0.4 is 9.47 Å². The topological polar surface area (TPSA) is 38.8 Å². The SMILES string of the molecule is CN(C(=O)C1CC1c1ccc2c(c1)OCCO2)C1(C(F)(F)F)CC1. The largest absolute Gasteiger partial charge is 0.486 e. The van der Waals surface area contributed by atoms with Crippen LogP contribution in [0.1, 0.15) is 30.7 Å². The Morgan fingerprint density at radius 1 is 1.21 bits per heavy atom. The summed E-state index contributed by atoms with van der Waals surface area (Å²) in [6.07, 6.45) is -3.78. The predicted molar refractivity (Wildman–Crippen MR) is 79.1 cm³/mol. The third-order valence-corrected chi connectivity index (χ3v) is 5.33. The van der Waals surface area contributed by atoms with Gasteiger partial charge < -0.3 is 14.4 Å². The van der Waals surface area contributed by atoms with Gasteiger partial charge in [0, 0.05) is 13.0 Å². The minimum absolute atomic E-state index is 0.000149. The van der Waals surface area contributed by atoms with Gasteiger partial charge in [-0.05, 0) is 42.9 Å². The lowest BCUT2D eigenvalue weighted by Gasteiger charge is -2.30. The van der Waals surface area contributed by atoms with E-state index in [4.69, 9.17) is 9.47 Å². The number of hydrogen-bond acceptors (Lipinski definition) is 3. The van der Waals surface area contributed by atoms with Crippen molar-refractivity contribution in [3.8, 4) is 11.5 Å². The first-order valence-electron chi connectivity index (χ1n) is 8.07. The Labute approximate surface area is 137 Å². The highest BCUT2D eigenvalue weighted by atomic mass is 19.4. The molecular formula is C17H18F3NO3. The molecule has 0 N–H and O–H groups in total. The lowest BCUT2D eigenvalue weighted by atomic mass is 10.1. The molecule has 2 saturated carbocycles. The van der Waals surface area contributed by atoms with Crippen LogP contribution in [0.5, 0.6) is 11.5 Å². The third-order valence-electron chi connectivity index (χ3n) is 5.33. The Kier molecular flexibility index (Phi) is 3.27. The maximum absolute atomic E-state index is 13.2. The van der Waals surface area contributed by atoms with Crippen molar-refractivity contribution >= 4 is 5.91 Å². The van der Waals surface area contributed by atoms with Gasteiger partial charge in [0.15, 0.2) is 11.5 Å². The second kappa shape index (κ2) is 5.04. The lowest BCUT2D eigenvalue weighted by Crippen LogP contribution is -2.49. The van der Waals surface area contributed by atoms with Gasteiger partial charge in [0.05, 0.1) is 0 Å². The molecule has 2 atom stereocenters. The van der Waals surface area contributed by atoms with E-state index in [1.165, 1.54) is 7.05 Å². The molecule has 2 fully saturated rings. The molecule has 1 aromatic carbocycles. The highest BCUT2D eigenvalue weighted by molar-refractivity contribution is 5.84. The van der Waals surface area contributed by atoms with E-state index in [1.54, 1.807) is 6.07 Å². The van der Waals surface area contributed by atoms with E-state index < -0.39 is 17.6 Å². The van der Waals surface area contributed by atoms with Crippen LogP contribution in [0.15, 0.2) is 18.2 Å². The summed E-state index contributed by atoms with van der Waals surface area (Å²) >= 11 is 0. The number of carbonyl (C=O) groups is 1. The Morgan fingerprint density at radius 3 is 2.50 bits per heavy atom. The van der Waals surface area contributed by atoms with Crippen molar-refractivity contribution in [3.05, 3.63) is 23.8 Å². The number of nitrogens with zero attached hydrogens (tertiary/aromatic N) is 1. The molecule has 4 nitrogen and oxygen atoms in total. The van der Waals surface area contributed by atoms with Crippen molar-refractivity contribution in [2.45, 2.75) is 36.9 Å². The summed E-state index contributed by atoms with van der Waals surface area (Å²) in [5.74, 6) is 0.473. The fraction of sp³-hybridized carbons (Fsp3) is 0.588. The number of carbonyl (C=O) groups excluding carboxylic acids is 1. The van der Waals surface area contributed by atoms with E-state index in [0.29, 0.717) is 31.1 Å². The summed E-state index contributed by atoms with van der Waals surface area (Å²) in [6, 6.07) is 5.50. The second-order valence-electron chi connectivity index (χ2n) is 6.78. The Hall–Kier alpha value is -1.92. The van der Waals surface area contributed by atoms with Crippen molar-refractivity contribution < 1.29 is 27.4 Å². The summed E-state index contributed by atoms with van der Waals surface area (Å²) in [7, 11) is 1.28. The molecule has 130 valence electrons. The lowest BCUT2D eigenvalue weighted by molar-refractivity contribution is -0.197. The van der Waals surface area contributed by atoms with Crippen LogP contribution in [0.25, 0.3) is 0 Å². The van der Waals surface area contributed by atoms with Crippen LogP contribution in [-0.2, 0) is 4.79 Å². The normalized spacial score (nSPS) is 26.7. The zero-order valence-electron chi connectivity index (χ0n) is 13.2. The van der Waals surface area contributed by atoms with Crippen LogP contribution in [0, 0.1) is 5.92 Å². The summed E-state index contributed by atoms with van der Waals surface area (Å²) < 4.78 is 50.5. The number of ether oxygens (including phenoxy) is 2. The van der Waals surface area contributed by atoms with Crippen molar-refractivity contribution in [1.29, 1.82) is 0 Å². The van der Waals surface area contributed by atoms with Crippen LogP contribution >= 0.6 is 0 Å². The molecule has 3 aliphatic rings. The van der Waals surface area contributed by atoms with E-state index in [2.05, 4.69) is 0 Å². The molecular weight excluding hydrogens is 323 g/mol. The van der Waals surface area contributed by atoms with Crippen molar-refractivity contribution in [1.82, 2.24) is 4.90 Å². The van der Waals surface area contributed by atoms with Gasteiger partial charge in [-0.3, -0.25) is 4.79 Å². The van der Waals surface area contributed by atoms with E-state index in [9.17, 15) is 18.0 Å².